The SMILES string of the molecule is CN(CC1CC2CCC1C2)C(=O)c1cccc(=O)[nH]1. The van der Waals surface area contributed by atoms with Crippen molar-refractivity contribution in [2.45, 2.75) is 25.7 Å². The van der Waals surface area contributed by atoms with Crippen LogP contribution in [0, 0.1) is 17.8 Å². The van der Waals surface area contributed by atoms with E-state index in [1.165, 1.54) is 31.7 Å². The van der Waals surface area contributed by atoms with Gasteiger partial charge in [0.25, 0.3) is 5.91 Å². The number of hydrogen-bond acceptors (Lipinski definition) is 2. The van der Waals surface area contributed by atoms with Crippen molar-refractivity contribution in [1.82, 2.24) is 9.88 Å². The van der Waals surface area contributed by atoms with Crippen molar-refractivity contribution in [1.29, 1.82) is 0 Å². The molecule has 1 aromatic rings. The van der Waals surface area contributed by atoms with E-state index in [1.807, 2.05) is 7.05 Å². The van der Waals surface area contributed by atoms with Crippen LogP contribution < -0.4 is 5.56 Å². The zero-order chi connectivity index (χ0) is 13.4. The fraction of sp³-hybridized carbons (Fsp3) is 0.600. The number of nitrogens with one attached hydrogen (secondary N) is 1. The Labute approximate surface area is 112 Å². The summed E-state index contributed by atoms with van der Waals surface area (Å²) in [5.74, 6) is 2.29. The lowest BCUT2D eigenvalue weighted by atomic mass is 9.88. The van der Waals surface area contributed by atoms with E-state index in [-0.39, 0.29) is 11.5 Å². The Morgan fingerprint density at radius 2 is 2.21 bits per heavy atom. The third-order valence-electron chi connectivity index (χ3n) is 4.74. The molecule has 2 bridgehead atoms. The van der Waals surface area contributed by atoms with Crippen LogP contribution in [0.3, 0.4) is 0 Å². The molecule has 3 rings (SSSR count). The molecule has 2 aliphatic rings. The monoisotopic (exact) mass is 260 g/mol. The molecule has 1 N–H and O–H groups in total. The van der Waals surface area contributed by atoms with Crippen LogP contribution in [0.1, 0.15) is 36.2 Å². The molecule has 102 valence electrons. The highest BCUT2D eigenvalue weighted by Gasteiger charge is 2.40. The van der Waals surface area contributed by atoms with Crippen LogP contribution in [0.25, 0.3) is 0 Å². The van der Waals surface area contributed by atoms with Gasteiger partial charge in [-0.15, -0.1) is 0 Å². The van der Waals surface area contributed by atoms with E-state index in [2.05, 4.69) is 4.98 Å². The van der Waals surface area contributed by atoms with Gasteiger partial charge in [-0.1, -0.05) is 12.5 Å². The largest absolute Gasteiger partial charge is 0.340 e. The number of aromatic nitrogens is 1. The van der Waals surface area contributed by atoms with Crippen LogP contribution >= 0.6 is 0 Å². The molecule has 19 heavy (non-hydrogen) atoms. The van der Waals surface area contributed by atoms with E-state index < -0.39 is 0 Å². The number of nitrogens with zero attached hydrogens (tertiary/aromatic N) is 1. The number of rotatable bonds is 3. The molecule has 0 aromatic carbocycles. The summed E-state index contributed by atoms with van der Waals surface area (Å²) in [6, 6.07) is 4.71. The maximum absolute atomic E-state index is 12.2. The minimum absolute atomic E-state index is 0.0829. The van der Waals surface area contributed by atoms with Gasteiger partial charge in [-0.05, 0) is 43.1 Å². The number of hydrogen-bond donors (Lipinski definition) is 1. The molecule has 0 radical (unpaired) electrons. The third kappa shape index (κ3) is 2.44. The van der Waals surface area contributed by atoms with E-state index in [1.54, 1.807) is 17.0 Å². The summed E-state index contributed by atoms with van der Waals surface area (Å²) in [7, 11) is 1.83. The van der Waals surface area contributed by atoms with Gasteiger partial charge in [0.15, 0.2) is 0 Å². The average Bonchev–Trinajstić information content (AvgIpc) is 3.00. The Hall–Kier alpha value is -1.58. The molecule has 1 heterocycles. The summed E-state index contributed by atoms with van der Waals surface area (Å²) in [5, 5.41) is 0. The molecule has 3 atom stereocenters. The van der Waals surface area contributed by atoms with Crippen molar-refractivity contribution in [3.05, 3.63) is 34.2 Å². The molecular formula is C15H20N2O2. The molecule has 1 amide bonds. The first-order valence-corrected chi connectivity index (χ1v) is 7.08. The predicted molar refractivity (Wildman–Crippen MR) is 73.0 cm³/mol. The third-order valence-corrected chi connectivity index (χ3v) is 4.74. The predicted octanol–water partition coefficient (Wildman–Crippen LogP) is 1.88. The standard InChI is InChI=1S/C15H20N2O2/c1-17(9-12-8-10-5-6-11(12)7-10)15(19)13-3-2-4-14(18)16-13/h2-4,10-12H,5-9H2,1H3,(H,16,18). The molecule has 0 saturated heterocycles. The van der Waals surface area contributed by atoms with Crippen LogP contribution in [0.4, 0.5) is 0 Å². The highest BCUT2D eigenvalue weighted by Crippen LogP contribution is 2.48. The van der Waals surface area contributed by atoms with Crippen molar-refractivity contribution < 1.29 is 4.79 Å². The summed E-state index contributed by atoms with van der Waals surface area (Å²) in [4.78, 5) is 27.8. The van der Waals surface area contributed by atoms with Gasteiger partial charge < -0.3 is 9.88 Å². The van der Waals surface area contributed by atoms with Gasteiger partial charge >= 0.3 is 0 Å². The van der Waals surface area contributed by atoms with Gasteiger partial charge in [-0.3, -0.25) is 9.59 Å². The Kier molecular flexibility index (Phi) is 3.17. The van der Waals surface area contributed by atoms with Crippen molar-refractivity contribution in [3.63, 3.8) is 0 Å². The molecule has 2 saturated carbocycles. The Morgan fingerprint density at radius 1 is 1.37 bits per heavy atom. The maximum Gasteiger partial charge on any atom is 0.270 e. The first-order chi connectivity index (χ1) is 9.13. The second-order valence-corrected chi connectivity index (χ2v) is 6.05. The minimum atomic E-state index is -0.223. The molecule has 3 unspecified atom stereocenters. The summed E-state index contributed by atoms with van der Waals surface area (Å²) < 4.78 is 0. The van der Waals surface area contributed by atoms with E-state index in [4.69, 9.17) is 0 Å². The summed E-state index contributed by atoms with van der Waals surface area (Å²) >= 11 is 0. The normalized spacial score (nSPS) is 28.6. The highest BCUT2D eigenvalue weighted by molar-refractivity contribution is 5.92. The lowest BCUT2D eigenvalue weighted by Crippen LogP contribution is -2.34. The second-order valence-electron chi connectivity index (χ2n) is 6.05. The molecule has 4 nitrogen and oxygen atoms in total. The van der Waals surface area contributed by atoms with E-state index in [0.717, 1.165) is 18.4 Å². The first kappa shape index (κ1) is 12.5. The topological polar surface area (TPSA) is 53.2 Å². The van der Waals surface area contributed by atoms with Crippen LogP contribution in [0.15, 0.2) is 23.0 Å². The first-order valence-electron chi connectivity index (χ1n) is 7.08. The minimum Gasteiger partial charge on any atom is -0.340 e. The lowest BCUT2D eigenvalue weighted by Gasteiger charge is -2.27. The highest BCUT2D eigenvalue weighted by atomic mass is 16.2. The number of carbonyl (C=O) groups excluding carboxylic acids is 1. The molecule has 2 fully saturated rings. The number of H-pyrrole nitrogens is 1. The smallest absolute Gasteiger partial charge is 0.270 e. The second kappa shape index (κ2) is 4.83. The van der Waals surface area contributed by atoms with Gasteiger partial charge in [-0.25, -0.2) is 0 Å². The fourth-order valence-corrected chi connectivity index (χ4v) is 3.81. The van der Waals surface area contributed by atoms with E-state index in [0.29, 0.717) is 11.6 Å². The molecule has 2 aliphatic carbocycles. The zero-order valence-electron chi connectivity index (χ0n) is 11.3. The number of carbonyl (C=O) groups is 1. The molecule has 1 aromatic heterocycles. The van der Waals surface area contributed by atoms with Crippen molar-refractivity contribution >= 4 is 5.91 Å². The lowest BCUT2D eigenvalue weighted by molar-refractivity contribution is 0.0748. The van der Waals surface area contributed by atoms with Gasteiger partial charge in [0.1, 0.15) is 5.69 Å². The van der Waals surface area contributed by atoms with Gasteiger partial charge in [0.2, 0.25) is 5.56 Å². The number of aromatic amines is 1. The number of fused-ring (bicyclic) bond motifs is 2. The van der Waals surface area contributed by atoms with Gasteiger partial charge in [-0.2, -0.15) is 0 Å². The van der Waals surface area contributed by atoms with Crippen LogP contribution in [-0.4, -0.2) is 29.4 Å². The number of pyridine rings is 1. The van der Waals surface area contributed by atoms with Crippen molar-refractivity contribution in [2.24, 2.45) is 17.8 Å². The van der Waals surface area contributed by atoms with Gasteiger partial charge in [0, 0.05) is 19.7 Å². The maximum atomic E-state index is 12.2. The summed E-state index contributed by atoms with van der Waals surface area (Å²) in [5.41, 5.74) is 0.164. The summed E-state index contributed by atoms with van der Waals surface area (Å²) in [6.45, 7) is 0.816. The Bertz CT molecular complexity index is 537. The summed E-state index contributed by atoms with van der Waals surface area (Å²) in [6.07, 6.45) is 5.34. The Balaban J connectivity index is 1.65. The van der Waals surface area contributed by atoms with E-state index in [9.17, 15) is 9.59 Å². The van der Waals surface area contributed by atoms with Crippen molar-refractivity contribution in [3.8, 4) is 0 Å². The molecular weight excluding hydrogens is 240 g/mol. The molecule has 4 heteroatoms. The molecule has 0 spiro atoms. The average molecular weight is 260 g/mol. The van der Waals surface area contributed by atoms with Crippen LogP contribution in [0.2, 0.25) is 0 Å². The van der Waals surface area contributed by atoms with Gasteiger partial charge in [0.05, 0.1) is 0 Å². The van der Waals surface area contributed by atoms with Crippen molar-refractivity contribution in [2.75, 3.05) is 13.6 Å². The quantitative estimate of drug-likeness (QED) is 0.902. The van der Waals surface area contributed by atoms with Crippen LogP contribution in [-0.2, 0) is 0 Å². The number of amides is 1. The Morgan fingerprint density at radius 3 is 2.84 bits per heavy atom. The molecule has 0 aliphatic heterocycles. The fourth-order valence-electron chi connectivity index (χ4n) is 3.81. The van der Waals surface area contributed by atoms with E-state index >= 15 is 0 Å². The van der Waals surface area contributed by atoms with Crippen LogP contribution in [0.5, 0.6) is 0 Å². The zero-order valence-corrected chi connectivity index (χ0v) is 11.3.